The fraction of sp³-hybridized carbons (Fsp3) is 0.176. The van der Waals surface area contributed by atoms with Crippen molar-refractivity contribution in [3.05, 3.63) is 58.3 Å². The number of nitrogens with one attached hydrogen (secondary N) is 1. The van der Waals surface area contributed by atoms with Crippen LogP contribution in [0.2, 0.25) is 10.0 Å². The maximum atomic E-state index is 13.2. The predicted molar refractivity (Wildman–Crippen MR) is 104 cm³/mol. The van der Waals surface area contributed by atoms with Gasteiger partial charge in [0.1, 0.15) is 5.82 Å². The van der Waals surface area contributed by atoms with Crippen LogP contribution >= 0.6 is 35.0 Å². The molecule has 1 N–H and O–H groups in total. The number of amides is 2. The van der Waals surface area contributed by atoms with E-state index < -0.39 is 6.03 Å². The van der Waals surface area contributed by atoms with Crippen molar-refractivity contribution < 1.29 is 9.18 Å². The van der Waals surface area contributed by atoms with Gasteiger partial charge in [-0.05, 0) is 42.5 Å². The van der Waals surface area contributed by atoms with E-state index in [-0.39, 0.29) is 11.1 Å². The van der Waals surface area contributed by atoms with Gasteiger partial charge in [0.2, 0.25) is 0 Å². The van der Waals surface area contributed by atoms with E-state index in [1.807, 2.05) is 6.92 Å². The minimum Gasteiger partial charge on any atom is -0.307 e. The highest BCUT2D eigenvalue weighted by Crippen LogP contribution is 2.29. The third-order valence-corrected chi connectivity index (χ3v) is 5.25. The summed E-state index contributed by atoms with van der Waals surface area (Å²) in [5.74, 6) is -0.372. The Morgan fingerprint density at radius 2 is 1.96 bits per heavy atom. The zero-order valence-corrected chi connectivity index (χ0v) is 15.5. The second-order valence-corrected chi connectivity index (χ2v) is 7.64. The van der Waals surface area contributed by atoms with Crippen molar-refractivity contribution in [2.24, 2.45) is 4.99 Å². The molecule has 1 unspecified atom stereocenters. The lowest BCUT2D eigenvalue weighted by Crippen LogP contribution is -2.38. The van der Waals surface area contributed by atoms with Crippen molar-refractivity contribution in [3.63, 3.8) is 0 Å². The number of amidine groups is 1. The minimum absolute atomic E-state index is 0.274. The zero-order valence-electron chi connectivity index (χ0n) is 13.2. The molecule has 0 aliphatic carbocycles. The van der Waals surface area contributed by atoms with Gasteiger partial charge in [0.25, 0.3) is 0 Å². The van der Waals surface area contributed by atoms with Gasteiger partial charge in [-0.2, -0.15) is 0 Å². The minimum atomic E-state index is -0.412. The summed E-state index contributed by atoms with van der Waals surface area (Å²) >= 11 is 13.4. The largest absolute Gasteiger partial charge is 0.332 e. The zero-order chi connectivity index (χ0) is 18.0. The summed E-state index contributed by atoms with van der Waals surface area (Å²) in [5.41, 5.74) is 1.03. The number of benzene rings is 2. The number of thioether (sulfide) groups is 1. The summed E-state index contributed by atoms with van der Waals surface area (Å²) in [6.07, 6.45) is 0. The predicted octanol–water partition coefficient (Wildman–Crippen LogP) is 5.66. The fourth-order valence-corrected chi connectivity index (χ4v) is 3.49. The van der Waals surface area contributed by atoms with Crippen LogP contribution in [-0.2, 0) is 0 Å². The summed E-state index contributed by atoms with van der Waals surface area (Å²) in [6, 6.07) is 10.1. The summed E-state index contributed by atoms with van der Waals surface area (Å²) in [5, 5.41) is 4.36. The lowest BCUT2D eigenvalue weighted by atomic mass is 10.3. The van der Waals surface area contributed by atoms with Crippen molar-refractivity contribution in [2.75, 3.05) is 16.8 Å². The Bertz CT molecular complexity index is 829. The second kappa shape index (κ2) is 7.64. The van der Waals surface area contributed by atoms with Crippen LogP contribution in [0, 0.1) is 5.82 Å². The van der Waals surface area contributed by atoms with Crippen LogP contribution in [0.5, 0.6) is 0 Å². The number of rotatable bonds is 2. The molecule has 0 saturated heterocycles. The summed E-state index contributed by atoms with van der Waals surface area (Å²) in [4.78, 5) is 18.7. The number of halogens is 3. The third-order valence-electron chi connectivity index (χ3n) is 3.44. The van der Waals surface area contributed by atoms with Crippen LogP contribution < -0.4 is 10.2 Å². The van der Waals surface area contributed by atoms with Gasteiger partial charge in [0.05, 0.1) is 22.3 Å². The molecule has 130 valence electrons. The molecule has 2 amide bonds. The maximum Gasteiger partial charge on any atom is 0.332 e. The number of urea groups is 1. The first kappa shape index (κ1) is 18.0. The molecule has 25 heavy (non-hydrogen) atoms. The molecule has 8 heteroatoms. The highest BCUT2D eigenvalue weighted by molar-refractivity contribution is 8.15. The average Bonchev–Trinajstić information content (AvgIpc) is 2.99. The third kappa shape index (κ3) is 4.26. The van der Waals surface area contributed by atoms with Gasteiger partial charge >= 0.3 is 6.03 Å². The SMILES string of the molecule is CC1CN=C(N(C(=O)Nc2ccc(Cl)c(Cl)c2)c2ccc(F)cc2)S1. The van der Waals surface area contributed by atoms with Crippen molar-refractivity contribution in [2.45, 2.75) is 12.2 Å². The molecule has 0 bridgehead atoms. The van der Waals surface area contributed by atoms with E-state index in [1.54, 1.807) is 18.2 Å². The van der Waals surface area contributed by atoms with E-state index in [2.05, 4.69) is 10.3 Å². The highest BCUT2D eigenvalue weighted by Gasteiger charge is 2.27. The monoisotopic (exact) mass is 397 g/mol. The molecule has 0 aromatic heterocycles. The van der Waals surface area contributed by atoms with Crippen LogP contribution in [0.3, 0.4) is 0 Å². The first-order valence-corrected chi connectivity index (χ1v) is 9.10. The van der Waals surface area contributed by atoms with E-state index in [0.717, 1.165) is 0 Å². The van der Waals surface area contributed by atoms with Crippen LogP contribution in [0.1, 0.15) is 6.92 Å². The molecule has 1 atom stereocenters. The van der Waals surface area contributed by atoms with Crippen LogP contribution in [0.25, 0.3) is 0 Å². The molecule has 1 aliphatic heterocycles. The van der Waals surface area contributed by atoms with E-state index in [1.165, 1.54) is 40.9 Å². The number of hydrogen-bond acceptors (Lipinski definition) is 3. The Morgan fingerprint density at radius 1 is 1.24 bits per heavy atom. The Balaban J connectivity index is 1.89. The second-order valence-electron chi connectivity index (χ2n) is 5.42. The topological polar surface area (TPSA) is 44.7 Å². The normalized spacial score (nSPS) is 16.5. The number of hydrogen-bond donors (Lipinski definition) is 1. The first-order valence-electron chi connectivity index (χ1n) is 7.47. The molecular formula is C17H14Cl2FN3OS. The van der Waals surface area contributed by atoms with Gasteiger partial charge in [-0.3, -0.25) is 4.99 Å². The lowest BCUT2D eigenvalue weighted by molar-refractivity contribution is 0.259. The van der Waals surface area contributed by atoms with Gasteiger partial charge in [-0.1, -0.05) is 41.9 Å². The average molecular weight is 398 g/mol. The molecular weight excluding hydrogens is 384 g/mol. The molecule has 2 aromatic carbocycles. The van der Waals surface area contributed by atoms with E-state index in [4.69, 9.17) is 23.2 Å². The summed E-state index contributed by atoms with van der Waals surface area (Å²) in [6.45, 7) is 2.65. The molecule has 0 fully saturated rings. The lowest BCUT2D eigenvalue weighted by Gasteiger charge is -2.23. The van der Waals surface area contributed by atoms with Gasteiger partial charge in [-0.25, -0.2) is 14.1 Å². The Morgan fingerprint density at radius 3 is 2.56 bits per heavy atom. The molecule has 4 nitrogen and oxygen atoms in total. The van der Waals surface area contributed by atoms with Crippen molar-refractivity contribution in [1.82, 2.24) is 0 Å². The smallest absolute Gasteiger partial charge is 0.307 e. The van der Waals surface area contributed by atoms with Gasteiger partial charge < -0.3 is 5.32 Å². The molecule has 0 radical (unpaired) electrons. The molecule has 1 aliphatic rings. The maximum absolute atomic E-state index is 13.2. The number of nitrogens with zero attached hydrogens (tertiary/aromatic N) is 2. The number of carbonyl (C=O) groups excluding carboxylic acids is 1. The molecule has 0 saturated carbocycles. The standard InChI is InChI=1S/C17H14Cl2FN3OS/c1-10-9-21-17(25-10)23(13-5-2-11(20)3-6-13)16(24)22-12-4-7-14(18)15(19)8-12/h2-8,10H,9H2,1H3,(H,22,24). The van der Waals surface area contributed by atoms with Crippen LogP contribution in [-0.4, -0.2) is 23.0 Å². The number of anilines is 2. The van der Waals surface area contributed by atoms with Crippen LogP contribution in [0.15, 0.2) is 47.5 Å². The highest BCUT2D eigenvalue weighted by atomic mass is 35.5. The van der Waals surface area contributed by atoms with Crippen molar-refractivity contribution >= 4 is 57.5 Å². The van der Waals surface area contributed by atoms with Crippen LogP contribution in [0.4, 0.5) is 20.6 Å². The quantitative estimate of drug-likeness (QED) is 0.709. The molecule has 0 spiro atoms. The van der Waals surface area contributed by atoms with Gasteiger partial charge in [-0.15, -0.1) is 0 Å². The van der Waals surface area contributed by atoms with E-state index in [0.29, 0.717) is 33.1 Å². The van der Waals surface area contributed by atoms with E-state index in [9.17, 15) is 9.18 Å². The fourth-order valence-electron chi connectivity index (χ4n) is 2.24. The van der Waals surface area contributed by atoms with Crippen molar-refractivity contribution in [3.8, 4) is 0 Å². The molecule has 1 heterocycles. The Hall–Kier alpha value is -1.76. The Kier molecular flexibility index (Phi) is 5.51. The van der Waals surface area contributed by atoms with Gasteiger partial charge in [0, 0.05) is 10.9 Å². The van der Waals surface area contributed by atoms with Gasteiger partial charge in [0.15, 0.2) is 5.17 Å². The number of aliphatic imine (C=N–C) groups is 1. The first-order chi connectivity index (χ1) is 11.9. The Labute approximate surface area is 159 Å². The summed E-state index contributed by atoms with van der Waals surface area (Å²) in [7, 11) is 0. The van der Waals surface area contributed by atoms with Crippen molar-refractivity contribution in [1.29, 1.82) is 0 Å². The molecule has 2 aromatic rings. The molecule has 3 rings (SSSR count). The summed E-state index contributed by atoms with van der Waals surface area (Å²) < 4.78 is 13.2. The number of carbonyl (C=O) groups is 1. The van der Waals surface area contributed by atoms with E-state index >= 15 is 0 Å².